The Morgan fingerprint density at radius 2 is 0.844 bits per heavy atom. The second kappa shape index (κ2) is 55.5. The van der Waals surface area contributed by atoms with Gasteiger partial charge in [-0.3, -0.25) is 18.6 Å². The second-order valence-corrected chi connectivity index (χ2v) is 22.6. The van der Waals surface area contributed by atoms with Crippen molar-refractivity contribution in [1.82, 2.24) is 5.32 Å². The maximum absolute atomic E-state index is 13.5. The van der Waals surface area contributed by atoms with Gasteiger partial charge in [0.05, 0.1) is 33.8 Å². The number of phosphoric acid groups is 1. The first-order valence-corrected chi connectivity index (χ1v) is 32.0. The molecule has 9 nitrogen and oxygen atoms in total. The Labute approximate surface area is 473 Å². The van der Waals surface area contributed by atoms with Crippen LogP contribution < -0.4 is 5.32 Å². The van der Waals surface area contributed by atoms with Gasteiger partial charge in [0.2, 0.25) is 5.91 Å². The number of hydrogen-bond donors (Lipinski definition) is 2. The van der Waals surface area contributed by atoms with Gasteiger partial charge in [-0.15, -0.1) is 0 Å². The summed E-state index contributed by atoms with van der Waals surface area (Å²) in [6, 6.07) is -0.896. The quantitative estimate of drug-likeness (QED) is 0.0205. The van der Waals surface area contributed by atoms with E-state index in [0.29, 0.717) is 23.9 Å². The van der Waals surface area contributed by atoms with E-state index < -0.39 is 20.0 Å². The molecule has 1 amide bonds. The molecule has 0 heterocycles. The lowest BCUT2D eigenvalue weighted by molar-refractivity contribution is -0.870. The molecule has 2 N–H and O–H groups in total. The van der Waals surface area contributed by atoms with Crippen LogP contribution in [0.15, 0.2) is 134 Å². The number of ether oxygens (including phenoxy) is 1. The van der Waals surface area contributed by atoms with E-state index in [1.54, 1.807) is 0 Å². The van der Waals surface area contributed by atoms with Gasteiger partial charge in [0.15, 0.2) is 0 Å². The molecule has 0 aliphatic carbocycles. The van der Waals surface area contributed by atoms with Crippen LogP contribution >= 0.6 is 7.82 Å². The van der Waals surface area contributed by atoms with Crippen molar-refractivity contribution < 1.29 is 37.3 Å². The molecule has 0 aliphatic heterocycles. The highest BCUT2D eigenvalue weighted by Gasteiger charge is 2.30. The Morgan fingerprint density at radius 3 is 1.27 bits per heavy atom. The van der Waals surface area contributed by atoms with Crippen molar-refractivity contribution >= 4 is 19.7 Å². The van der Waals surface area contributed by atoms with Crippen LogP contribution in [-0.2, 0) is 27.9 Å². The molecule has 3 unspecified atom stereocenters. The minimum Gasteiger partial charge on any atom is -0.456 e. The zero-order valence-corrected chi connectivity index (χ0v) is 50.8. The topological polar surface area (TPSA) is 111 Å². The van der Waals surface area contributed by atoms with Gasteiger partial charge in [-0.1, -0.05) is 232 Å². The van der Waals surface area contributed by atoms with Crippen molar-refractivity contribution in [2.24, 2.45) is 0 Å². The number of phosphoric ester groups is 1. The van der Waals surface area contributed by atoms with Gasteiger partial charge in [0.1, 0.15) is 19.3 Å². The zero-order chi connectivity index (χ0) is 56.4. The number of carbonyl (C=O) groups is 2. The van der Waals surface area contributed by atoms with E-state index in [1.165, 1.54) is 57.8 Å². The largest absolute Gasteiger partial charge is 0.472 e. The number of nitrogens with zero attached hydrogens (tertiary/aromatic N) is 1. The van der Waals surface area contributed by atoms with E-state index in [2.05, 4.69) is 148 Å². The van der Waals surface area contributed by atoms with Crippen molar-refractivity contribution in [3.05, 3.63) is 134 Å². The van der Waals surface area contributed by atoms with Crippen molar-refractivity contribution in [3.63, 3.8) is 0 Å². The standard InChI is InChI=1S/C67H113N2O7P/c1-7-10-13-16-19-22-25-28-30-32-33-34-35-37-39-42-45-48-51-54-57-60-67(71)76-65(58-55-52-49-46-43-40-27-24-21-18-15-12-9-3)64(63-75-77(72,73)74-62-61-69(4,5)6)68-66(70)59-56-53-50-47-44-41-38-36-31-29-26-23-20-17-14-11-8-2/h10-11,13-14,19-20,22-23,28-31,33-34,37-39,41,47,50,55,58,64-65H,7-9,12,15-18,21,24-27,32,35-36,40,42-46,48-49,51-54,56-57,59-63H2,1-6H3,(H-,68,70,72,73)/p+1/b13-10-,14-11-,22-19-,23-20-,30-28-,31-29-,34-33-,39-37-,41-38-,50-47-,58-55+. The molecular formula is C67H114N2O7P+. The maximum Gasteiger partial charge on any atom is 0.472 e. The summed E-state index contributed by atoms with van der Waals surface area (Å²) in [5.41, 5.74) is 0. The molecule has 0 aromatic rings. The van der Waals surface area contributed by atoms with Crippen LogP contribution in [0.1, 0.15) is 226 Å². The van der Waals surface area contributed by atoms with Crippen molar-refractivity contribution in [3.8, 4) is 0 Å². The number of hydrogen-bond acceptors (Lipinski definition) is 6. The summed E-state index contributed by atoms with van der Waals surface area (Å²) in [7, 11) is 1.43. The average molecular weight is 1090 g/mol. The van der Waals surface area contributed by atoms with Gasteiger partial charge in [0.25, 0.3) is 0 Å². The smallest absolute Gasteiger partial charge is 0.456 e. The minimum atomic E-state index is -4.48. The summed E-state index contributed by atoms with van der Waals surface area (Å²) in [6.45, 7) is 6.71. The van der Waals surface area contributed by atoms with Crippen molar-refractivity contribution in [2.45, 2.75) is 238 Å². The first kappa shape index (κ1) is 73.2. The summed E-state index contributed by atoms with van der Waals surface area (Å²) in [6.07, 6.45) is 78.8. The molecule has 0 bridgehead atoms. The third-order valence-electron chi connectivity index (χ3n) is 12.6. The lowest BCUT2D eigenvalue weighted by Gasteiger charge is -2.27. The molecule has 10 heteroatoms. The van der Waals surface area contributed by atoms with E-state index in [4.69, 9.17) is 13.8 Å². The summed E-state index contributed by atoms with van der Waals surface area (Å²) in [5.74, 6) is -0.605. The maximum atomic E-state index is 13.5. The molecule has 438 valence electrons. The third-order valence-corrected chi connectivity index (χ3v) is 13.6. The molecule has 0 spiro atoms. The first-order chi connectivity index (χ1) is 37.4. The van der Waals surface area contributed by atoms with Gasteiger partial charge in [0, 0.05) is 12.8 Å². The van der Waals surface area contributed by atoms with Crippen LogP contribution in [0.3, 0.4) is 0 Å². The number of esters is 1. The molecule has 3 atom stereocenters. The Bertz CT molecular complexity index is 1780. The molecule has 0 radical (unpaired) electrons. The van der Waals surface area contributed by atoms with Crippen molar-refractivity contribution in [2.75, 3.05) is 40.9 Å². The molecule has 0 saturated carbocycles. The van der Waals surface area contributed by atoms with Crippen molar-refractivity contribution in [1.29, 1.82) is 0 Å². The second-order valence-electron chi connectivity index (χ2n) is 21.1. The Balaban J connectivity index is 5.44. The summed E-state index contributed by atoms with van der Waals surface area (Å²) in [5, 5.41) is 3.01. The highest BCUT2D eigenvalue weighted by atomic mass is 31.2. The predicted octanol–water partition coefficient (Wildman–Crippen LogP) is 18.9. The fraction of sp³-hybridized carbons (Fsp3) is 0.642. The van der Waals surface area contributed by atoms with E-state index >= 15 is 0 Å². The number of rotatable bonds is 53. The lowest BCUT2D eigenvalue weighted by Crippen LogP contribution is -2.47. The fourth-order valence-corrected chi connectivity index (χ4v) is 8.68. The Hall–Kier alpha value is -3.85. The van der Waals surface area contributed by atoms with Gasteiger partial charge in [-0.25, -0.2) is 4.57 Å². The van der Waals surface area contributed by atoms with Crippen LogP contribution in [0.25, 0.3) is 0 Å². The van der Waals surface area contributed by atoms with Crippen LogP contribution in [0, 0.1) is 0 Å². The van der Waals surface area contributed by atoms with E-state index in [0.717, 1.165) is 122 Å². The fourth-order valence-electron chi connectivity index (χ4n) is 7.94. The molecule has 0 aromatic heterocycles. The number of amides is 1. The molecule has 0 fully saturated rings. The average Bonchev–Trinajstić information content (AvgIpc) is 3.39. The monoisotopic (exact) mass is 1090 g/mol. The summed E-state index contributed by atoms with van der Waals surface area (Å²) in [4.78, 5) is 37.7. The molecule has 0 aliphatic rings. The lowest BCUT2D eigenvalue weighted by atomic mass is 10.0. The number of nitrogens with one attached hydrogen (secondary N) is 1. The number of allylic oxidation sites excluding steroid dienone is 21. The zero-order valence-electron chi connectivity index (χ0n) is 49.9. The minimum absolute atomic E-state index is 0.0186. The van der Waals surface area contributed by atoms with Crippen LogP contribution in [-0.4, -0.2) is 74.3 Å². The van der Waals surface area contributed by atoms with E-state index in [9.17, 15) is 19.0 Å². The highest BCUT2D eigenvalue weighted by Crippen LogP contribution is 2.43. The van der Waals surface area contributed by atoms with Gasteiger partial charge >= 0.3 is 13.8 Å². The van der Waals surface area contributed by atoms with E-state index in [1.807, 2.05) is 33.3 Å². The molecule has 77 heavy (non-hydrogen) atoms. The molecule has 0 rings (SSSR count). The number of carbonyl (C=O) groups excluding carboxylic acids is 2. The predicted molar refractivity (Wildman–Crippen MR) is 332 cm³/mol. The highest BCUT2D eigenvalue weighted by molar-refractivity contribution is 7.47. The summed E-state index contributed by atoms with van der Waals surface area (Å²) >= 11 is 0. The van der Waals surface area contributed by atoms with Gasteiger partial charge in [-0.05, 0) is 115 Å². The molecular weight excluding hydrogens is 976 g/mol. The Morgan fingerprint density at radius 1 is 0.468 bits per heavy atom. The van der Waals surface area contributed by atoms with Crippen LogP contribution in [0.4, 0.5) is 0 Å². The van der Waals surface area contributed by atoms with Crippen LogP contribution in [0.2, 0.25) is 0 Å². The van der Waals surface area contributed by atoms with Crippen LogP contribution in [0.5, 0.6) is 0 Å². The SMILES string of the molecule is CC/C=C\C/C=C\C/C=C\C/C=C\C/C=C\CCCCCCCC(=O)OC(/C=C/CCCCCCCCCCCCC)C(COP(=O)(O)OCC[N+](C)(C)C)NC(=O)CCC/C=C\C/C=C\C/C=C\C/C=C\C/C=C\CC. The first-order valence-electron chi connectivity index (χ1n) is 30.5. The molecule has 0 saturated heterocycles. The molecule has 0 aromatic carbocycles. The summed E-state index contributed by atoms with van der Waals surface area (Å²) < 4.78 is 30.6. The number of quaternary nitrogens is 1. The van der Waals surface area contributed by atoms with E-state index in [-0.39, 0.29) is 37.9 Å². The van der Waals surface area contributed by atoms with Gasteiger partial charge < -0.3 is 19.4 Å². The number of unbranched alkanes of at least 4 members (excludes halogenated alkanes) is 17. The number of likely N-dealkylation sites (N-methyl/N-ethyl adjacent to an activating group) is 1. The van der Waals surface area contributed by atoms with Gasteiger partial charge in [-0.2, -0.15) is 0 Å². The normalized spacial score (nSPS) is 14.6. The third kappa shape index (κ3) is 56.7. The Kier molecular flexibility index (Phi) is 52.7.